The van der Waals surface area contributed by atoms with Gasteiger partial charge in [0, 0.05) is 25.6 Å². The molecule has 0 fully saturated rings. The van der Waals surface area contributed by atoms with Crippen molar-refractivity contribution in [3.63, 3.8) is 0 Å². The highest BCUT2D eigenvalue weighted by molar-refractivity contribution is 6.32. The zero-order chi connectivity index (χ0) is 24.5. The summed E-state index contributed by atoms with van der Waals surface area (Å²) in [7, 11) is 0. The Morgan fingerprint density at radius 1 is 0.914 bits per heavy atom. The predicted octanol–water partition coefficient (Wildman–Crippen LogP) is 4.79. The monoisotopic (exact) mass is 486 g/mol. The average Bonchev–Trinajstić information content (AvgIpc) is 2.88. The minimum absolute atomic E-state index is 0.0551. The minimum atomic E-state index is -0.778. The lowest BCUT2D eigenvalue weighted by Gasteiger charge is -2.36. The summed E-state index contributed by atoms with van der Waals surface area (Å²) in [6.07, 6.45) is 0.343. The molecule has 0 saturated carbocycles. The van der Waals surface area contributed by atoms with E-state index in [1.165, 1.54) is 11.0 Å². The van der Waals surface area contributed by atoms with Crippen molar-refractivity contribution in [1.29, 1.82) is 0 Å². The van der Waals surface area contributed by atoms with Crippen molar-refractivity contribution in [3.8, 4) is 11.5 Å². The lowest BCUT2D eigenvalue weighted by molar-refractivity contribution is -0.126. The van der Waals surface area contributed by atoms with E-state index in [0.717, 1.165) is 33.5 Å². The molecular formula is C28H23ClN2O4. The van der Waals surface area contributed by atoms with Crippen molar-refractivity contribution in [2.45, 2.75) is 25.6 Å². The van der Waals surface area contributed by atoms with Gasteiger partial charge in [0.25, 0.3) is 5.91 Å². The first kappa shape index (κ1) is 22.7. The molecule has 0 unspecified atom stereocenters. The minimum Gasteiger partial charge on any atom is -0.507 e. The Balaban J connectivity index is 1.44. The summed E-state index contributed by atoms with van der Waals surface area (Å²) in [5, 5.41) is 25.2. The van der Waals surface area contributed by atoms with Crippen LogP contribution in [0.3, 0.4) is 0 Å². The predicted molar refractivity (Wildman–Crippen MR) is 134 cm³/mol. The van der Waals surface area contributed by atoms with Crippen LogP contribution in [0.5, 0.6) is 11.5 Å². The van der Waals surface area contributed by atoms with Gasteiger partial charge in [-0.3, -0.25) is 9.59 Å². The number of benzene rings is 4. The van der Waals surface area contributed by atoms with Crippen LogP contribution in [0, 0.1) is 0 Å². The van der Waals surface area contributed by atoms with Gasteiger partial charge in [0.15, 0.2) is 0 Å². The molecule has 0 saturated heterocycles. The number of phenolic OH excluding ortho intramolecular Hbond substituents is 2. The van der Waals surface area contributed by atoms with E-state index in [-0.39, 0.29) is 28.8 Å². The number of phenols is 2. The number of carbonyl (C=O) groups excluding carboxylic acids is 2. The van der Waals surface area contributed by atoms with Crippen LogP contribution in [0.15, 0.2) is 78.9 Å². The molecule has 0 aliphatic carbocycles. The van der Waals surface area contributed by atoms with Crippen LogP contribution in [0.25, 0.3) is 10.8 Å². The quantitative estimate of drug-likeness (QED) is 0.387. The molecule has 0 aromatic heterocycles. The smallest absolute Gasteiger partial charge is 0.258 e. The molecule has 0 radical (unpaired) electrons. The van der Waals surface area contributed by atoms with Gasteiger partial charge in [-0.15, -0.1) is 0 Å². The van der Waals surface area contributed by atoms with Gasteiger partial charge in [0.05, 0.1) is 10.6 Å². The van der Waals surface area contributed by atoms with Crippen LogP contribution >= 0.6 is 11.6 Å². The highest BCUT2D eigenvalue weighted by Crippen LogP contribution is 2.33. The fourth-order valence-electron chi connectivity index (χ4n) is 4.59. The third-order valence-corrected chi connectivity index (χ3v) is 6.74. The number of halogens is 1. The Bertz CT molecular complexity index is 1450. The SMILES string of the molecule is O=C(NCc1cccc2ccccc12)[C@H]1Cc2ccccc2CN1C(=O)c1cc(Cl)c(O)cc1O. The van der Waals surface area contributed by atoms with Crippen molar-refractivity contribution >= 4 is 34.2 Å². The third-order valence-electron chi connectivity index (χ3n) is 6.44. The average molecular weight is 487 g/mol. The van der Waals surface area contributed by atoms with Crippen LogP contribution in [0.2, 0.25) is 5.02 Å². The van der Waals surface area contributed by atoms with Gasteiger partial charge in [-0.2, -0.15) is 0 Å². The van der Waals surface area contributed by atoms with Gasteiger partial charge in [-0.25, -0.2) is 0 Å². The summed E-state index contributed by atoms with van der Waals surface area (Å²) in [5.41, 5.74) is 2.84. The van der Waals surface area contributed by atoms with Crippen molar-refractivity contribution in [2.75, 3.05) is 0 Å². The van der Waals surface area contributed by atoms with Crippen LogP contribution in [-0.2, 0) is 24.3 Å². The van der Waals surface area contributed by atoms with E-state index in [4.69, 9.17) is 11.6 Å². The highest BCUT2D eigenvalue weighted by atomic mass is 35.5. The molecule has 1 aliphatic heterocycles. The Labute approximate surface area is 207 Å². The van der Waals surface area contributed by atoms with Crippen molar-refractivity contribution in [2.24, 2.45) is 0 Å². The van der Waals surface area contributed by atoms with Crippen LogP contribution in [0.4, 0.5) is 0 Å². The lowest BCUT2D eigenvalue weighted by atomic mass is 9.92. The van der Waals surface area contributed by atoms with Crippen molar-refractivity contribution in [1.82, 2.24) is 10.2 Å². The maximum absolute atomic E-state index is 13.5. The van der Waals surface area contributed by atoms with Gasteiger partial charge in [0.2, 0.25) is 5.91 Å². The Kier molecular flexibility index (Phi) is 6.05. The molecule has 2 amide bonds. The molecule has 1 aliphatic rings. The van der Waals surface area contributed by atoms with Gasteiger partial charge in [-0.1, -0.05) is 78.3 Å². The highest BCUT2D eigenvalue weighted by Gasteiger charge is 2.36. The first-order valence-corrected chi connectivity index (χ1v) is 11.6. The molecule has 1 heterocycles. The molecule has 1 atom stereocenters. The molecule has 5 rings (SSSR count). The van der Waals surface area contributed by atoms with Gasteiger partial charge in [0.1, 0.15) is 17.5 Å². The number of nitrogens with one attached hydrogen (secondary N) is 1. The number of hydrogen-bond donors (Lipinski definition) is 3. The Morgan fingerprint density at radius 3 is 2.46 bits per heavy atom. The first-order chi connectivity index (χ1) is 16.9. The summed E-state index contributed by atoms with van der Waals surface area (Å²) in [6, 6.07) is 23.1. The zero-order valence-corrected chi connectivity index (χ0v) is 19.5. The second-order valence-electron chi connectivity index (χ2n) is 8.60. The van der Waals surface area contributed by atoms with E-state index in [1.807, 2.05) is 66.7 Å². The number of carbonyl (C=O) groups is 2. The number of fused-ring (bicyclic) bond motifs is 2. The molecule has 4 aromatic rings. The maximum atomic E-state index is 13.5. The number of nitrogens with zero attached hydrogens (tertiary/aromatic N) is 1. The summed E-state index contributed by atoms with van der Waals surface area (Å²) >= 11 is 6.00. The molecular weight excluding hydrogens is 464 g/mol. The summed E-state index contributed by atoms with van der Waals surface area (Å²) < 4.78 is 0. The molecule has 6 nitrogen and oxygen atoms in total. The molecule has 7 heteroatoms. The summed E-state index contributed by atoms with van der Waals surface area (Å²) in [4.78, 5) is 28.4. The number of aromatic hydroxyl groups is 2. The van der Waals surface area contributed by atoms with Gasteiger partial charge >= 0.3 is 0 Å². The lowest BCUT2D eigenvalue weighted by Crippen LogP contribution is -2.52. The molecule has 0 bridgehead atoms. The Morgan fingerprint density at radius 2 is 1.63 bits per heavy atom. The second kappa shape index (κ2) is 9.31. The second-order valence-corrected chi connectivity index (χ2v) is 9.01. The fourth-order valence-corrected chi connectivity index (χ4v) is 4.76. The first-order valence-electron chi connectivity index (χ1n) is 11.3. The number of amides is 2. The van der Waals surface area contributed by atoms with Crippen LogP contribution in [0.1, 0.15) is 27.0 Å². The summed E-state index contributed by atoms with van der Waals surface area (Å²) in [6.45, 7) is 0.524. The van der Waals surface area contributed by atoms with E-state index in [1.54, 1.807) is 0 Å². The van der Waals surface area contributed by atoms with Crippen LogP contribution < -0.4 is 5.32 Å². The van der Waals surface area contributed by atoms with Crippen LogP contribution in [-0.4, -0.2) is 33.0 Å². The standard InChI is InChI=1S/C28H23ClN2O4/c29-23-13-22(25(32)14-26(23)33)28(35)31-16-20-8-2-1-7-18(20)12-24(31)27(34)30-15-19-10-5-9-17-6-3-4-11-21(17)19/h1-11,13-14,24,32-33H,12,15-16H2,(H,30,34)/t24-/m1/s1. The van der Waals surface area contributed by atoms with Crippen molar-refractivity contribution < 1.29 is 19.8 Å². The Hall–Kier alpha value is -4.03. The topological polar surface area (TPSA) is 89.9 Å². The maximum Gasteiger partial charge on any atom is 0.258 e. The van der Waals surface area contributed by atoms with E-state index < -0.39 is 17.7 Å². The molecule has 3 N–H and O–H groups in total. The molecule has 176 valence electrons. The van der Waals surface area contributed by atoms with E-state index in [0.29, 0.717) is 13.0 Å². The van der Waals surface area contributed by atoms with Gasteiger partial charge < -0.3 is 20.4 Å². The van der Waals surface area contributed by atoms with E-state index in [9.17, 15) is 19.8 Å². The molecule has 0 spiro atoms. The zero-order valence-electron chi connectivity index (χ0n) is 18.7. The molecule has 4 aromatic carbocycles. The normalized spacial score (nSPS) is 15.0. The number of hydrogen-bond acceptors (Lipinski definition) is 4. The fraction of sp³-hybridized carbons (Fsp3) is 0.143. The number of rotatable bonds is 4. The molecule has 35 heavy (non-hydrogen) atoms. The third kappa shape index (κ3) is 4.40. The largest absolute Gasteiger partial charge is 0.507 e. The summed E-state index contributed by atoms with van der Waals surface area (Å²) in [5.74, 6) is -1.55. The van der Waals surface area contributed by atoms with Gasteiger partial charge in [-0.05, 0) is 33.5 Å². The van der Waals surface area contributed by atoms with Crippen molar-refractivity contribution in [3.05, 3.63) is 106 Å². The van der Waals surface area contributed by atoms with E-state index >= 15 is 0 Å². The van der Waals surface area contributed by atoms with E-state index in [2.05, 4.69) is 5.32 Å².